The Kier molecular flexibility index (Phi) is 5.13. The Bertz CT molecular complexity index is 662. The van der Waals surface area contributed by atoms with Crippen molar-refractivity contribution in [2.45, 2.75) is 19.3 Å². The first-order valence-corrected chi connectivity index (χ1v) is 8.29. The first-order valence-electron chi connectivity index (χ1n) is 8.29. The number of hydrogen-bond donors (Lipinski definition) is 1. The number of likely N-dealkylation sites (tertiary alicyclic amines) is 1. The fourth-order valence-corrected chi connectivity index (χ4v) is 3.14. The molecule has 0 radical (unpaired) electrons. The quantitative estimate of drug-likeness (QED) is 0.830. The van der Waals surface area contributed by atoms with Gasteiger partial charge in [0.2, 0.25) is 0 Å². The van der Waals surface area contributed by atoms with Crippen molar-refractivity contribution in [1.82, 2.24) is 4.90 Å². The summed E-state index contributed by atoms with van der Waals surface area (Å²) < 4.78 is 5.84. The maximum atomic E-state index is 10.9. The van der Waals surface area contributed by atoms with Crippen LogP contribution in [0.25, 0.3) is 10.8 Å². The summed E-state index contributed by atoms with van der Waals surface area (Å²) in [7, 11) is 0. The number of fused-ring (bicyclic) bond motifs is 1. The third kappa shape index (κ3) is 4.23. The lowest BCUT2D eigenvalue weighted by Crippen LogP contribution is -2.37. The zero-order chi connectivity index (χ0) is 16.1. The van der Waals surface area contributed by atoms with Crippen molar-refractivity contribution in [2.24, 2.45) is 5.92 Å². The second-order valence-electron chi connectivity index (χ2n) is 6.17. The first kappa shape index (κ1) is 15.8. The molecule has 1 N–H and O–H groups in total. The highest BCUT2D eigenvalue weighted by molar-refractivity contribution is 5.83. The predicted molar refractivity (Wildman–Crippen MR) is 90.9 cm³/mol. The molecule has 0 aliphatic carbocycles. The molecular weight excluding hydrogens is 290 g/mol. The van der Waals surface area contributed by atoms with Crippen LogP contribution in [-0.4, -0.2) is 42.2 Å². The van der Waals surface area contributed by atoms with Crippen molar-refractivity contribution < 1.29 is 14.6 Å². The summed E-state index contributed by atoms with van der Waals surface area (Å²) in [5.74, 6) is 0.109. The molecule has 3 rings (SSSR count). The van der Waals surface area contributed by atoms with Gasteiger partial charge in [-0.2, -0.15) is 0 Å². The van der Waals surface area contributed by atoms with E-state index in [0.717, 1.165) is 44.6 Å². The molecule has 4 nitrogen and oxygen atoms in total. The number of hydrogen-bond acceptors (Lipinski definition) is 3. The van der Waals surface area contributed by atoms with Crippen molar-refractivity contribution in [2.75, 3.05) is 26.2 Å². The van der Waals surface area contributed by atoms with Gasteiger partial charge in [-0.25, -0.2) is 0 Å². The molecule has 1 aliphatic rings. The Balaban J connectivity index is 1.40. The van der Waals surface area contributed by atoms with Crippen molar-refractivity contribution in [3.8, 4) is 5.75 Å². The summed E-state index contributed by atoms with van der Waals surface area (Å²) in [5.41, 5.74) is 0. The van der Waals surface area contributed by atoms with Crippen LogP contribution in [0, 0.1) is 5.92 Å². The number of rotatable bonds is 6. The van der Waals surface area contributed by atoms with Gasteiger partial charge in [-0.15, -0.1) is 0 Å². The minimum Gasteiger partial charge on any atom is -0.494 e. The number of aliphatic carboxylic acids is 1. The fraction of sp³-hybridized carbons (Fsp3) is 0.421. The molecule has 2 aromatic rings. The summed E-state index contributed by atoms with van der Waals surface area (Å²) in [6.45, 7) is 3.43. The van der Waals surface area contributed by atoms with E-state index in [1.165, 1.54) is 10.8 Å². The van der Waals surface area contributed by atoms with Crippen molar-refractivity contribution in [1.29, 1.82) is 0 Å². The minimum absolute atomic E-state index is 0.153. The van der Waals surface area contributed by atoms with E-state index < -0.39 is 5.97 Å². The number of ether oxygens (including phenoxy) is 1. The average Bonchev–Trinajstić information content (AvgIpc) is 2.59. The number of carboxylic acids is 1. The van der Waals surface area contributed by atoms with Gasteiger partial charge in [0.05, 0.1) is 12.5 Å². The normalized spacial score (nSPS) is 16.5. The van der Waals surface area contributed by atoms with Crippen molar-refractivity contribution in [3.05, 3.63) is 42.5 Å². The van der Waals surface area contributed by atoms with E-state index >= 15 is 0 Å². The molecule has 1 heterocycles. The van der Waals surface area contributed by atoms with Gasteiger partial charge in [-0.1, -0.05) is 30.3 Å². The molecule has 2 aromatic carbocycles. The Hall–Kier alpha value is -2.07. The highest BCUT2D eigenvalue weighted by Crippen LogP contribution is 2.21. The summed E-state index contributed by atoms with van der Waals surface area (Å²) in [5, 5.41) is 11.4. The summed E-state index contributed by atoms with van der Waals surface area (Å²) in [6, 6.07) is 14.4. The number of carboxylic acid groups (broad SMARTS) is 1. The zero-order valence-electron chi connectivity index (χ0n) is 13.3. The second-order valence-corrected chi connectivity index (χ2v) is 6.17. The summed E-state index contributed by atoms with van der Waals surface area (Å²) in [4.78, 5) is 13.3. The van der Waals surface area contributed by atoms with E-state index in [9.17, 15) is 4.79 Å². The van der Waals surface area contributed by atoms with E-state index in [1.54, 1.807) is 0 Å². The third-order valence-electron chi connectivity index (χ3n) is 4.55. The number of carbonyl (C=O) groups is 1. The van der Waals surface area contributed by atoms with Gasteiger partial charge in [-0.05, 0) is 55.3 Å². The molecule has 0 aromatic heterocycles. The van der Waals surface area contributed by atoms with E-state index in [-0.39, 0.29) is 5.92 Å². The monoisotopic (exact) mass is 313 g/mol. The minimum atomic E-state index is -0.649. The topological polar surface area (TPSA) is 49.8 Å². The molecule has 1 aliphatic heterocycles. The molecule has 0 saturated carbocycles. The number of benzene rings is 2. The fourth-order valence-electron chi connectivity index (χ4n) is 3.14. The van der Waals surface area contributed by atoms with Crippen LogP contribution in [0.4, 0.5) is 0 Å². The molecule has 1 fully saturated rings. The lowest BCUT2D eigenvalue weighted by molar-refractivity contribution is -0.143. The SMILES string of the molecule is O=C(O)C1CCN(CCCOc2ccc3ccccc3c2)CC1. The Labute approximate surface area is 136 Å². The Morgan fingerprint density at radius 1 is 1.13 bits per heavy atom. The molecule has 23 heavy (non-hydrogen) atoms. The summed E-state index contributed by atoms with van der Waals surface area (Å²) >= 11 is 0. The predicted octanol–water partition coefficient (Wildman–Crippen LogP) is 3.41. The average molecular weight is 313 g/mol. The van der Waals surface area contributed by atoms with Crippen molar-refractivity contribution >= 4 is 16.7 Å². The maximum absolute atomic E-state index is 10.9. The third-order valence-corrected chi connectivity index (χ3v) is 4.55. The lowest BCUT2D eigenvalue weighted by atomic mass is 9.97. The molecule has 1 saturated heterocycles. The van der Waals surface area contributed by atoms with Gasteiger partial charge in [-0.3, -0.25) is 4.79 Å². The van der Waals surface area contributed by atoms with Gasteiger partial charge in [0, 0.05) is 6.54 Å². The van der Waals surface area contributed by atoms with Crippen LogP contribution in [0.15, 0.2) is 42.5 Å². The Morgan fingerprint density at radius 3 is 2.61 bits per heavy atom. The smallest absolute Gasteiger partial charge is 0.306 e. The molecular formula is C19H23NO3. The van der Waals surface area contributed by atoms with Crippen LogP contribution >= 0.6 is 0 Å². The van der Waals surface area contributed by atoms with Crippen LogP contribution in [-0.2, 0) is 4.79 Å². The van der Waals surface area contributed by atoms with Crippen LogP contribution < -0.4 is 4.74 Å². The second kappa shape index (κ2) is 7.47. The van der Waals surface area contributed by atoms with Gasteiger partial charge < -0.3 is 14.7 Å². The van der Waals surface area contributed by atoms with E-state index in [2.05, 4.69) is 29.2 Å². The Morgan fingerprint density at radius 2 is 1.87 bits per heavy atom. The van der Waals surface area contributed by atoms with Crippen LogP contribution in [0.2, 0.25) is 0 Å². The molecule has 0 unspecified atom stereocenters. The van der Waals surface area contributed by atoms with Crippen LogP contribution in [0.5, 0.6) is 5.75 Å². The maximum Gasteiger partial charge on any atom is 0.306 e. The molecule has 0 bridgehead atoms. The molecule has 122 valence electrons. The molecule has 0 amide bonds. The highest BCUT2D eigenvalue weighted by Gasteiger charge is 2.23. The van der Waals surface area contributed by atoms with Crippen LogP contribution in [0.1, 0.15) is 19.3 Å². The van der Waals surface area contributed by atoms with E-state index in [4.69, 9.17) is 9.84 Å². The van der Waals surface area contributed by atoms with Gasteiger partial charge >= 0.3 is 5.97 Å². The number of nitrogens with zero attached hydrogens (tertiary/aromatic N) is 1. The van der Waals surface area contributed by atoms with E-state index in [1.807, 2.05) is 18.2 Å². The molecule has 0 spiro atoms. The van der Waals surface area contributed by atoms with Gasteiger partial charge in [0.1, 0.15) is 5.75 Å². The van der Waals surface area contributed by atoms with Gasteiger partial charge in [0.25, 0.3) is 0 Å². The molecule has 0 atom stereocenters. The van der Waals surface area contributed by atoms with E-state index in [0.29, 0.717) is 6.61 Å². The number of piperidine rings is 1. The first-order chi connectivity index (χ1) is 11.2. The standard InChI is InChI=1S/C19H23NO3/c21-19(22)16-8-11-20(12-9-16)10-3-13-23-18-7-6-15-4-1-2-5-17(15)14-18/h1-2,4-7,14,16H,3,8-13H2,(H,21,22). The lowest BCUT2D eigenvalue weighted by Gasteiger charge is -2.29. The molecule has 4 heteroatoms. The van der Waals surface area contributed by atoms with Gasteiger partial charge in [0.15, 0.2) is 0 Å². The summed E-state index contributed by atoms with van der Waals surface area (Å²) in [6.07, 6.45) is 2.49. The van der Waals surface area contributed by atoms with Crippen molar-refractivity contribution in [3.63, 3.8) is 0 Å². The largest absolute Gasteiger partial charge is 0.494 e. The van der Waals surface area contributed by atoms with Crippen LogP contribution in [0.3, 0.4) is 0 Å². The highest BCUT2D eigenvalue weighted by atomic mass is 16.5. The zero-order valence-corrected chi connectivity index (χ0v) is 13.3.